The zero-order valence-corrected chi connectivity index (χ0v) is 12.7. The predicted octanol–water partition coefficient (Wildman–Crippen LogP) is 3.69. The van der Waals surface area contributed by atoms with E-state index in [9.17, 15) is 4.79 Å². The highest BCUT2D eigenvalue weighted by atomic mass is 79.9. The minimum atomic E-state index is -0.569. The lowest BCUT2D eigenvalue weighted by molar-refractivity contribution is 0.215. The van der Waals surface area contributed by atoms with Gasteiger partial charge in [0, 0.05) is 10.0 Å². The van der Waals surface area contributed by atoms with Gasteiger partial charge in [0.1, 0.15) is 10.7 Å². The molecule has 4 nitrogen and oxygen atoms in total. The van der Waals surface area contributed by atoms with Crippen molar-refractivity contribution >= 4 is 44.9 Å². The molecule has 0 heterocycles. The molecule has 0 fully saturated rings. The molecule has 20 heavy (non-hydrogen) atoms. The first-order valence-corrected chi connectivity index (χ1v) is 6.89. The second-order valence-corrected chi connectivity index (χ2v) is 5.18. The average Bonchev–Trinajstić information content (AvgIpc) is 2.42. The molecule has 0 spiro atoms. The van der Waals surface area contributed by atoms with Crippen molar-refractivity contribution in [2.24, 2.45) is 5.73 Å². The maximum Gasteiger partial charge on any atom is 0.417 e. The fourth-order valence-corrected chi connectivity index (χ4v) is 2.11. The van der Waals surface area contributed by atoms with Gasteiger partial charge in [-0.05, 0) is 46.3 Å². The summed E-state index contributed by atoms with van der Waals surface area (Å²) in [5.41, 5.74) is 6.83. The predicted molar refractivity (Wildman–Crippen MR) is 86.1 cm³/mol. The van der Waals surface area contributed by atoms with E-state index in [1.54, 1.807) is 42.5 Å². The minimum absolute atomic E-state index is 0.295. The third-order valence-electron chi connectivity index (χ3n) is 2.44. The summed E-state index contributed by atoms with van der Waals surface area (Å²) >= 11 is 8.23. The number of carbonyl (C=O) groups is 1. The summed E-state index contributed by atoms with van der Waals surface area (Å²) in [4.78, 5) is 12.0. The summed E-state index contributed by atoms with van der Waals surface area (Å²) in [5.74, 6) is 0.473. The molecule has 102 valence electrons. The fraction of sp³-hybridized carbons (Fsp3) is 0. The number of hydrogen-bond acceptors (Lipinski definition) is 3. The van der Waals surface area contributed by atoms with Crippen LogP contribution >= 0.6 is 28.1 Å². The van der Waals surface area contributed by atoms with Crippen LogP contribution in [0.3, 0.4) is 0 Å². The Morgan fingerprint density at radius 1 is 1.20 bits per heavy atom. The van der Waals surface area contributed by atoms with Gasteiger partial charge in [-0.15, -0.1) is 0 Å². The summed E-state index contributed by atoms with van der Waals surface area (Å²) in [6.45, 7) is 0. The summed E-state index contributed by atoms with van der Waals surface area (Å²) in [6, 6.07) is 14.0. The highest BCUT2D eigenvalue weighted by Gasteiger charge is 2.08. The molecular formula is C14H11BrN2O2S. The number of ether oxygens (including phenoxy) is 1. The summed E-state index contributed by atoms with van der Waals surface area (Å²) < 4.78 is 5.80. The minimum Gasteiger partial charge on any atom is -0.410 e. The van der Waals surface area contributed by atoms with Gasteiger partial charge in [0.15, 0.2) is 0 Å². The van der Waals surface area contributed by atoms with Gasteiger partial charge in [0.2, 0.25) is 0 Å². The molecule has 0 saturated carbocycles. The standard InChI is InChI=1S/C14H11BrN2O2S/c15-11-8-9(13(16)20)6-7-12(11)17-14(18)19-10-4-2-1-3-5-10/h1-8H,(H2,16,20)(H,17,18). The van der Waals surface area contributed by atoms with Gasteiger partial charge in [0.25, 0.3) is 0 Å². The van der Waals surface area contributed by atoms with Crippen molar-refractivity contribution in [3.8, 4) is 5.75 Å². The lowest BCUT2D eigenvalue weighted by Crippen LogP contribution is -2.17. The molecule has 0 bridgehead atoms. The average molecular weight is 351 g/mol. The normalized spacial score (nSPS) is 9.85. The van der Waals surface area contributed by atoms with Crippen LogP contribution in [-0.2, 0) is 0 Å². The molecule has 0 aliphatic heterocycles. The monoisotopic (exact) mass is 350 g/mol. The smallest absolute Gasteiger partial charge is 0.410 e. The van der Waals surface area contributed by atoms with Crippen LogP contribution in [0.4, 0.5) is 10.5 Å². The van der Waals surface area contributed by atoms with E-state index in [1.807, 2.05) is 6.07 Å². The van der Waals surface area contributed by atoms with Crippen LogP contribution in [0.5, 0.6) is 5.75 Å². The van der Waals surface area contributed by atoms with Crippen LogP contribution in [0.1, 0.15) is 5.56 Å². The van der Waals surface area contributed by atoms with Crippen molar-refractivity contribution in [2.45, 2.75) is 0 Å². The van der Waals surface area contributed by atoms with Gasteiger partial charge in [-0.1, -0.05) is 30.4 Å². The number of anilines is 1. The number of carbonyl (C=O) groups excluding carboxylic acids is 1. The molecule has 1 amide bonds. The summed E-state index contributed by atoms with van der Waals surface area (Å²) in [6.07, 6.45) is -0.569. The number of nitrogens with one attached hydrogen (secondary N) is 1. The van der Waals surface area contributed by atoms with Crippen LogP contribution in [0.15, 0.2) is 53.0 Å². The van der Waals surface area contributed by atoms with Crippen LogP contribution in [0.25, 0.3) is 0 Å². The molecule has 0 aliphatic carbocycles. The van der Waals surface area contributed by atoms with Gasteiger partial charge >= 0.3 is 6.09 Å². The van der Waals surface area contributed by atoms with E-state index < -0.39 is 6.09 Å². The molecule has 0 saturated heterocycles. The summed E-state index contributed by atoms with van der Waals surface area (Å²) in [7, 11) is 0. The van der Waals surface area contributed by atoms with Gasteiger partial charge in [-0.25, -0.2) is 4.79 Å². The van der Waals surface area contributed by atoms with E-state index in [4.69, 9.17) is 22.7 Å². The number of para-hydroxylation sites is 1. The second-order valence-electron chi connectivity index (χ2n) is 3.89. The third-order valence-corrected chi connectivity index (χ3v) is 3.34. The maximum absolute atomic E-state index is 11.7. The lowest BCUT2D eigenvalue weighted by Gasteiger charge is -2.09. The molecule has 6 heteroatoms. The molecule has 2 aromatic carbocycles. The van der Waals surface area contributed by atoms with Gasteiger partial charge in [0.05, 0.1) is 5.69 Å². The van der Waals surface area contributed by atoms with E-state index >= 15 is 0 Å². The Kier molecular flexibility index (Phi) is 4.70. The first-order valence-electron chi connectivity index (χ1n) is 5.69. The zero-order chi connectivity index (χ0) is 14.5. The van der Waals surface area contributed by atoms with E-state index in [0.717, 1.165) is 0 Å². The van der Waals surface area contributed by atoms with Crippen molar-refractivity contribution in [3.05, 3.63) is 58.6 Å². The first-order chi connectivity index (χ1) is 9.56. The highest BCUT2D eigenvalue weighted by molar-refractivity contribution is 9.10. The Balaban J connectivity index is 2.06. The number of nitrogens with two attached hydrogens (primary N) is 1. The van der Waals surface area contributed by atoms with Crippen molar-refractivity contribution in [2.75, 3.05) is 5.32 Å². The Morgan fingerprint density at radius 2 is 1.90 bits per heavy atom. The highest BCUT2D eigenvalue weighted by Crippen LogP contribution is 2.24. The van der Waals surface area contributed by atoms with Crippen LogP contribution < -0.4 is 15.8 Å². The Bertz CT molecular complexity index is 647. The molecule has 2 aromatic rings. The summed E-state index contributed by atoms with van der Waals surface area (Å²) in [5, 5.41) is 2.63. The quantitative estimate of drug-likeness (QED) is 0.828. The fourth-order valence-electron chi connectivity index (χ4n) is 1.50. The van der Waals surface area contributed by atoms with Crippen molar-refractivity contribution in [1.82, 2.24) is 0 Å². The van der Waals surface area contributed by atoms with Crippen LogP contribution in [0, 0.1) is 0 Å². The molecule has 0 aromatic heterocycles. The van der Waals surface area contributed by atoms with Crippen LogP contribution in [-0.4, -0.2) is 11.1 Å². The van der Waals surface area contributed by atoms with Gasteiger partial charge in [-0.3, -0.25) is 5.32 Å². The molecule has 3 N–H and O–H groups in total. The Labute approximate surface area is 130 Å². The molecular weight excluding hydrogens is 340 g/mol. The molecule has 0 aliphatic rings. The van der Waals surface area contributed by atoms with Gasteiger partial charge < -0.3 is 10.5 Å². The third kappa shape index (κ3) is 3.79. The van der Waals surface area contributed by atoms with Crippen LogP contribution in [0.2, 0.25) is 0 Å². The Hall–Kier alpha value is -1.92. The number of hydrogen-bond donors (Lipinski definition) is 2. The largest absolute Gasteiger partial charge is 0.417 e. The number of amides is 1. The number of thiocarbonyl (C=S) groups is 1. The molecule has 0 unspecified atom stereocenters. The van der Waals surface area contributed by atoms with Crippen molar-refractivity contribution < 1.29 is 9.53 Å². The SMILES string of the molecule is NC(=S)c1ccc(NC(=O)Oc2ccccc2)c(Br)c1. The van der Waals surface area contributed by atoms with E-state index in [0.29, 0.717) is 26.5 Å². The van der Waals surface area contributed by atoms with Crippen molar-refractivity contribution in [1.29, 1.82) is 0 Å². The van der Waals surface area contributed by atoms with E-state index in [1.165, 1.54) is 0 Å². The molecule has 0 radical (unpaired) electrons. The molecule has 0 atom stereocenters. The second kappa shape index (κ2) is 6.49. The molecule has 2 rings (SSSR count). The van der Waals surface area contributed by atoms with E-state index in [2.05, 4.69) is 21.2 Å². The number of rotatable bonds is 3. The number of halogens is 1. The van der Waals surface area contributed by atoms with E-state index in [-0.39, 0.29) is 0 Å². The first kappa shape index (κ1) is 14.5. The maximum atomic E-state index is 11.7. The van der Waals surface area contributed by atoms with Gasteiger partial charge in [-0.2, -0.15) is 0 Å². The number of benzene rings is 2. The zero-order valence-electron chi connectivity index (χ0n) is 10.3. The topological polar surface area (TPSA) is 64.3 Å². The lowest BCUT2D eigenvalue weighted by atomic mass is 10.2. The Morgan fingerprint density at radius 3 is 2.50 bits per heavy atom. The van der Waals surface area contributed by atoms with Crippen molar-refractivity contribution in [3.63, 3.8) is 0 Å².